The fourth-order valence-corrected chi connectivity index (χ4v) is 3.13. The van der Waals surface area contributed by atoms with Crippen LogP contribution in [-0.4, -0.2) is 47.0 Å². The van der Waals surface area contributed by atoms with Crippen molar-refractivity contribution in [2.75, 3.05) is 6.54 Å². The molecule has 0 aliphatic rings. The molecular weight excluding hydrogens is 394 g/mol. The number of hydrogen-bond acceptors (Lipinski definition) is 4. The van der Waals surface area contributed by atoms with E-state index in [-0.39, 0.29) is 30.4 Å². The van der Waals surface area contributed by atoms with Crippen LogP contribution in [0, 0.1) is 13.8 Å². The molecule has 7 heteroatoms. The average molecular weight is 434 g/mol. The van der Waals surface area contributed by atoms with E-state index in [0.717, 1.165) is 16.7 Å². The van der Waals surface area contributed by atoms with Crippen LogP contribution in [0.5, 0.6) is 0 Å². The number of alkyl carbamates (subject to hydrolysis) is 1. The Labute approximate surface area is 186 Å². The minimum atomic E-state index is -0.801. The lowest BCUT2D eigenvalue weighted by Crippen LogP contribution is -2.51. The maximum atomic E-state index is 13.2. The van der Waals surface area contributed by atoms with Crippen LogP contribution < -0.4 is 10.6 Å². The molecule has 0 saturated heterocycles. The topological polar surface area (TPSA) is 87.7 Å². The summed E-state index contributed by atoms with van der Waals surface area (Å²) in [7, 11) is 0. The van der Waals surface area contributed by atoms with E-state index in [4.69, 9.17) is 4.74 Å². The quantitative estimate of drug-likeness (QED) is 0.648. The Kier molecular flexibility index (Phi) is 9.53. The normalized spacial score (nSPS) is 13.4. The van der Waals surface area contributed by atoms with Crippen molar-refractivity contribution >= 4 is 17.9 Å². The molecule has 0 aromatic heterocycles. The van der Waals surface area contributed by atoms with Gasteiger partial charge in [-0.2, -0.15) is 0 Å². The van der Waals surface area contributed by atoms with Gasteiger partial charge in [0.15, 0.2) is 0 Å². The van der Waals surface area contributed by atoms with E-state index in [2.05, 4.69) is 10.6 Å². The molecule has 0 radical (unpaired) electrons. The van der Waals surface area contributed by atoms with E-state index in [9.17, 15) is 14.4 Å². The van der Waals surface area contributed by atoms with Crippen LogP contribution in [0.1, 0.15) is 77.6 Å². The molecule has 31 heavy (non-hydrogen) atoms. The number of hydrogen-bond donors (Lipinski definition) is 2. The van der Waals surface area contributed by atoms with Crippen molar-refractivity contribution in [3.63, 3.8) is 0 Å². The first-order valence-corrected chi connectivity index (χ1v) is 10.9. The van der Waals surface area contributed by atoms with Gasteiger partial charge in [-0.15, -0.1) is 0 Å². The molecule has 0 aliphatic heterocycles. The summed E-state index contributed by atoms with van der Waals surface area (Å²) in [6, 6.07) is 4.71. The highest BCUT2D eigenvalue weighted by Crippen LogP contribution is 2.27. The summed E-state index contributed by atoms with van der Waals surface area (Å²) in [5.41, 5.74) is 2.23. The molecular formula is C24H39N3O4. The third-order valence-electron chi connectivity index (χ3n) is 4.94. The van der Waals surface area contributed by atoms with Crippen molar-refractivity contribution in [1.82, 2.24) is 15.5 Å². The molecule has 174 valence electrons. The van der Waals surface area contributed by atoms with Gasteiger partial charge in [-0.05, 0) is 78.5 Å². The van der Waals surface area contributed by atoms with Gasteiger partial charge in [-0.3, -0.25) is 9.59 Å². The first-order chi connectivity index (χ1) is 14.3. The largest absolute Gasteiger partial charge is 0.444 e. The highest BCUT2D eigenvalue weighted by Gasteiger charge is 2.34. The number of rotatable bonds is 8. The fraction of sp³-hybridized carbons (Fsp3) is 0.625. The summed E-state index contributed by atoms with van der Waals surface area (Å²) < 4.78 is 5.23. The number of aryl methyl sites for hydroxylation is 2. The van der Waals surface area contributed by atoms with Crippen LogP contribution >= 0.6 is 0 Å². The molecule has 1 aromatic rings. The van der Waals surface area contributed by atoms with Gasteiger partial charge in [-0.1, -0.05) is 25.1 Å². The lowest BCUT2D eigenvalue weighted by atomic mass is 9.97. The van der Waals surface area contributed by atoms with Crippen LogP contribution in [-0.2, 0) is 14.3 Å². The molecule has 0 aliphatic carbocycles. The Morgan fingerprint density at radius 3 is 2.16 bits per heavy atom. The van der Waals surface area contributed by atoms with Crippen LogP contribution in [0.15, 0.2) is 18.2 Å². The fourth-order valence-electron chi connectivity index (χ4n) is 3.13. The highest BCUT2D eigenvalue weighted by molar-refractivity contribution is 5.90. The van der Waals surface area contributed by atoms with Crippen LogP contribution in [0.3, 0.4) is 0 Å². The molecule has 0 heterocycles. The molecule has 0 bridgehead atoms. The van der Waals surface area contributed by atoms with Crippen LogP contribution in [0.2, 0.25) is 0 Å². The minimum Gasteiger partial charge on any atom is -0.444 e. The molecule has 2 atom stereocenters. The number of nitrogens with one attached hydrogen (secondary N) is 2. The van der Waals surface area contributed by atoms with Crippen molar-refractivity contribution in [3.8, 4) is 0 Å². The van der Waals surface area contributed by atoms with Gasteiger partial charge < -0.3 is 20.3 Å². The predicted octanol–water partition coefficient (Wildman–Crippen LogP) is 4.02. The molecule has 1 rings (SSSR count). The Morgan fingerprint density at radius 2 is 1.68 bits per heavy atom. The molecule has 0 spiro atoms. The lowest BCUT2D eigenvalue weighted by Gasteiger charge is -2.36. The number of ether oxygens (including phenoxy) is 1. The molecule has 0 saturated carbocycles. The number of amides is 3. The predicted molar refractivity (Wildman–Crippen MR) is 123 cm³/mol. The smallest absolute Gasteiger partial charge is 0.408 e. The molecule has 7 nitrogen and oxygen atoms in total. The second kappa shape index (κ2) is 11.2. The van der Waals surface area contributed by atoms with Gasteiger partial charge in [0.2, 0.25) is 11.8 Å². The van der Waals surface area contributed by atoms with E-state index in [1.807, 2.05) is 59.7 Å². The minimum absolute atomic E-state index is 0.0738. The van der Waals surface area contributed by atoms with Gasteiger partial charge in [0.05, 0.1) is 0 Å². The summed E-state index contributed by atoms with van der Waals surface area (Å²) in [6.45, 7) is 16.6. The summed E-state index contributed by atoms with van der Waals surface area (Å²) in [6.07, 6.45) is -0.00611. The zero-order valence-corrected chi connectivity index (χ0v) is 20.5. The van der Waals surface area contributed by atoms with Crippen LogP contribution in [0.4, 0.5) is 4.79 Å². The Morgan fingerprint density at radius 1 is 1.06 bits per heavy atom. The third kappa shape index (κ3) is 8.23. The molecule has 2 N–H and O–H groups in total. The number of carbonyl (C=O) groups is 3. The van der Waals surface area contributed by atoms with Gasteiger partial charge in [0, 0.05) is 12.1 Å². The van der Waals surface area contributed by atoms with Gasteiger partial charge in [-0.25, -0.2) is 4.79 Å². The average Bonchev–Trinajstić information content (AvgIpc) is 2.63. The van der Waals surface area contributed by atoms with Gasteiger partial charge >= 0.3 is 6.09 Å². The number of nitrogens with zero attached hydrogens (tertiary/aromatic N) is 1. The van der Waals surface area contributed by atoms with Crippen molar-refractivity contribution in [3.05, 3.63) is 34.9 Å². The lowest BCUT2D eigenvalue weighted by molar-refractivity contribution is -0.142. The Bertz CT molecular complexity index is 784. The Hall–Kier alpha value is -2.57. The number of carbonyl (C=O) groups excluding carboxylic acids is 3. The monoisotopic (exact) mass is 433 g/mol. The maximum Gasteiger partial charge on any atom is 0.408 e. The molecule has 3 amide bonds. The first-order valence-electron chi connectivity index (χ1n) is 10.9. The summed E-state index contributed by atoms with van der Waals surface area (Å²) in [5.74, 6) is -0.591. The molecule has 2 unspecified atom stereocenters. The SMILES string of the molecule is CCC(C)N(C(=O)CNC(=O)OC(C)(C)C)C(C(=O)NC(C)C)c1ccc(C)c(C)c1. The van der Waals surface area contributed by atoms with Crippen LogP contribution in [0.25, 0.3) is 0 Å². The highest BCUT2D eigenvalue weighted by atomic mass is 16.6. The maximum absolute atomic E-state index is 13.2. The van der Waals surface area contributed by atoms with E-state index in [0.29, 0.717) is 6.42 Å². The van der Waals surface area contributed by atoms with E-state index >= 15 is 0 Å². The third-order valence-corrected chi connectivity index (χ3v) is 4.94. The zero-order valence-electron chi connectivity index (χ0n) is 20.5. The van der Waals surface area contributed by atoms with Gasteiger partial charge in [0.1, 0.15) is 18.2 Å². The summed E-state index contributed by atoms with van der Waals surface area (Å²) >= 11 is 0. The van der Waals surface area contributed by atoms with E-state index in [1.165, 1.54) is 0 Å². The zero-order chi connectivity index (χ0) is 23.9. The van der Waals surface area contributed by atoms with Gasteiger partial charge in [0.25, 0.3) is 0 Å². The first kappa shape index (κ1) is 26.5. The standard InChI is InChI=1S/C24H39N3O4/c1-10-18(6)27(20(28)14-25-23(30)31-24(7,8)9)21(22(29)26-15(2)3)19-12-11-16(4)17(5)13-19/h11-13,15,18,21H,10,14H2,1-9H3,(H,25,30)(H,26,29). The van der Waals surface area contributed by atoms with E-state index < -0.39 is 17.7 Å². The molecule has 0 fully saturated rings. The van der Waals surface area contributed by atoms with Crippen molar-refractivity contribution in [2.45, 2.75) is 92.5 Å². The number of benzene rings is 1. The van der Waals surface area contributed by atoms with Crippen molar-refractivity contribution < 1.29 is 19.1 Å². The van der Waals surface area contributed by atoms with E-state index in [1.54, 1.807) is 25.7 Å². The second-order valence-electron chi connectivity index (χ2n) is 9.32. The molecule has 1 aromatic carbocycles. The van der Waals surface area contributed by atoms with Crippen molar-refractivity contribution in [1.29, 1.82) is 0 Å². The summed E-state index contributed by atoms with van der Waals surface area (Å²) in [4.78, 5) is 40.1. The summed E-state index contributed by atoms with van der Waals surface area (Å²) in [5, 5.41) is 5.46. The Balaban J connectivity index is 3.27. The second-order valence-corrected chi connectivity index (χ2v) is 9.32. The van der Waals surface area contributed by atoms with Crippen molar-refractivity contribution in [2.24, 2.45) is 0 Å².